The molecule has 0 amide bonds. The minimum atomic E-state index is -0.249. The molecule has 1 aromatic heterocycles. The molecule has 0 bridgehead atoms. The monoisotopic (exact) mass is 308 g/mol. The van der Waals surface area contributed by atoms with Crippen molar-refractivity contribution in [3.8, 4) is 0 Å². The summed E-state index contributed by atoms with van der Waals surface area (Å²) in [4.78, 5) is 22.8. The number of rotatable bonds is 3. The predicted molar refractivity (Wildman–Crippen MR) is 64.1 cm³/mol. The molecule has 1 heterocycles. The smallest absolute Gasteiger partial charge is 0.301 e. The summed E-state index contributed by atoms with van der Waals surface area (Å²) in [5, 5.41) is 0. The second kappa shape index (κ2) is 4.77. The fourth-order valence-corrected chi connectivity index (χ4v) is 1.65. The Balaban J connectivity index is 3.20. The lowest BCUT2D eigenvalue weighted by atomic mass is 10.2. The van der Waals surface area contributed by atoms with Crippen LogP contribution in [0.25, 0.3) is 0 Å². The average Bonchev–Trinajstić information content (AvgIpc) is 2.18. The molecule has 4 nitrogen and oxygen atoms in total. The molecule has 0 aliphatic carbocycles. The number of aromatic nitrogens is 2. The molecule has 0 saturated heterocycles. The summed E-state index contributed by atoms with van der Waals surface area (Å²) in [7, 11) is 3.19. The van der Waals surface area contributed by atoms with Gasteiger partial charge in [-0.1, -0.05) is 22.6 Å². The fraction of sp³-hybridized carbons (Fsp3) is 0.556. The third-order valence-electron chi connectivity index (χ3n) is 2.19. The molecule has 0 aromatic carbocycles. The molecule has 0 saturated carbocycles. The third-order valence-corrected chi connectivity index (χ3v) is 2.95. The van der Waals surface area contributed by atoms with Crippen molar-refractivity contribution in [3.63, 3.8) is 0 Å². The molecule has 0 aliphatic heterocycles. The Labute approximate surface area is 95.7 Å². The van der Waals surface area contributed by atoms with Crippen LogP contribution in [0, 0.1) is 0 Å². The van der Waals surface area contributed by atoms with Crippen molar-refractivity contribution in [1.82, 2.24) is 9.13 Å². The van der Waals surface area contributed by atoms with E-state index >= 15 is 0 Å². The van der Waals surface area contributed by atoms with Crippen LogP contribution in [0.4, 0.5) is 0 Å². The second-order valence-electron chi connectivity index (χ2n) is 3.17. The first kappa shape index (κ1) is 11.5. The van der Waals surface area contributed by atoms with Crippen LogP contribution < -0.4 is 11.2 Å². The maximum atomic E-state index is 11.5. The summed E-state index contributed by atoms with van der Waals surface area (Å²) in [5.41, 5.74) is 0.340. The molecular weight excluding hydrogens is 295 g/mol. The van der Waals surface area contributed by atoms with Gasteiger partial charge in [0.15, 0.2) is 0 Å². The maximum absolute atomic E-state index is 11.5. The summed E-state index contributed by atoms with van der Waals surface area (Å²) < 4.78 is 3.68. The molecule has 1 aromatic rings. The summed E-state index contributed by atoms with van der Waals surface area (Å²) in [6, 6.07) is 1.54. The Morgan fingerprint density at radius 1 is 1.29 bits per heavy atom. The topological polar surface area (TPSA) is 44.0 Å². The highest BCUT2D eigenvalue weighted by atomic mass is 127. The van der Waals surface area contributed by atoms with Crippen LogP contribution in [0.5, 0.6) is 0 Å². The lowest BCUT2D eigenvalue weighted by Gasteiger charge is -2.07. The van der Waals surface area contributed by atoms with Gasteiger partial charge in [0, 0.05) is 25.9 Å². The van der Waals surface area contributed by atoms with Crippen molar-refractivity contribution >= 4 is 22.6 Å². The summed E-state index contributed by atoms with van der Waals surface area (Å²) in [5.74, 6) is 0. The van der Waals surface area contributed by atoms with Gasteiger partial charge in [-0.3, -0.25) is 9.36 Å². The van der Waals surface area contributed by atoms with Crippen molar-refractivity contribution in [2.24, 2.45) is 14.1 Å². The number of hydrogen-bond acceptors (Lipinski definition) is 2. The first-order chi connectivity index (χ1) is 6.57. The number of alkyl halides is 1. The lowest BCUT2D eigenvalue weighted by molar-refractivity contribution is 0.644. The van der Waals surface area contributed by atoms with E-state index in [0.29, 0.717) is 0 Å². The van der Waals surface area contributed by atoms with E-state index in [4.69, 9.17) is 0 Å². The molecule has 5 heteroatoms. The van der Waals surface area contributed by atoms with E-state index in [1.807, 2.05) is 0 Å². The highest BCUT2D eigenvalue weighted by molar-refractivity contribution is 14.1. The van der Waals surface area contributed by atoms with E-state index in [2.05, 4.69) is 22.6 Å². The standard InChI is InChI=1S/C9H13IN2O2/c1-11-7(4-3-5-10)6-8(13)12(2)9(11)14/h6H,3-5H2,1-2H3. The van der Waals surface area contributed by atoms with Gasteiger partial charge in [0.1, 0.15) is 0 Å². The molecule has 0 fully saturated rings. The van der Waals surface area contributed by atoms with Crippen LogP contribution >= 0.6 is 22.6 Å². The van der Waals surface area contributed by atoms with Crippen LogP contribution in [0.2, 0.25) is 0 Å². The first-order valence-corrected chi connectivity index (χ1v) is 5.92. The number of halogens is 1. The van der Waals surface area contributed by atoms with E-state index < -0.39 is 0 Å². The number of aryl methyl sites for hydroxylation is 1. The SMILES string of the molecule is Cn1c(CCCI)cc(=O)n(C)c1=O. The Bertz CT molecular complexity index is 433. The Morgan fingerprint density at radius 3 is 2.50 bits per heavy atom. The van der Waals surface area contributed by atoms with Crippen molar-refractivity contribution in [3.05, 3.63) is 32.6 Å². The van der Waals surface area contributed by atoms with Gasteiger partial charge in [-0.2, -0.15) is 0 Å². The molecule has 0 radical (unpaired) electrons. The zero-order chi connectivity index (χ0) is 10.7. The maximum Gasteiger partial charge on any atom is 0.330 e. The van der Waals surface area contributed by atoms with Crippen molar-refractivity contribution in [1.29, 1.82) is 0 Å². The van der Waals surface area contributed by atoms with E-state index in [9.17, 15) is 9.59 Å². The number of hydrogen-bond donors (Lipinski definition) is 0. The zero-order valence-electron chi connectivity index (χ0n) is 8.29. The molecule has 0 N–H and O–H groups in total. The third kappa shape index (κ3) is 2.26. The van der Waals surface area contributed by atoms with Crippen molar-refractivity contribution < 1.29 is 0 Å². The van der Waals surface area contributed by atoms with Gasteiger partial charge in [-0.15, -0.1) is 0 Å². The van der Waals surface area contributed by atoms with Crippen LogP contribution in [0.15, 0.2) is 15.7 Å². The summed E-state index contributed by atoms with van der Waals surface area (Å²) in [6.07, 6.45) is 1.77. The van der Waals surface area contributed by atoms with Gasteiger partial charge < -0.3 is 4.57 Å². The summed E-state index contributed by atoms with van der Waals surface area (Å²) >= 11 is 2.28. The van der Waals surface area contributed by atoms with E-state index in [0.717, 1.165) is 27.5 Å². The Kier molecular flexibility index (Phi) is 3.91. The van der Waals surface area contributed by atoms with Gasteiger partial charge in [0.25, 0.3) is 5.56 Å². The Hall–Kier alpha value is -0.590. The molecular formula is C9H13IN2O2. The molecule has 0 unspecified atom stereocenters. The minimum Gasteiger partial charge on any atom is -0.301 e. The van der Waals surface area contributed by atoms with Gasteiger partial charge in [-0.05, 0) is 17.3 Å². The van der Waals surface area contributed by atoms with Crippen molar-refractivity contribution in [2.45, 2.75) is 12.8 Å². The molecule has 14 heavy (non-hydrogen) atoms. The molecule has 0 spiro atoms. The molecule has 0 aliphatic rings. The van der Waals surface area contributed by atoms with Crippen LogP contribution in [-0.4, -0.2) is 13.6 Å². The fourth-order valence-electron chi connectivity index (χ4n) is 1.27. The van der Waals surface area contributed by atoms with Gasteiger partial charge in [0.2, 0.25) is 0 Å². The summed E-state index contributed by atoms with van der Waals surface area (Å²) in [6.45, 7) is 0. The largest absolute Gasteiger partial charge is 0.330 e. The second-order valence-corrected chi connectivity index (χ2v) is 4.25. The predicted octanol–water partition coefficient (Wildman–Crippen LogP) is 0.452. The highest BCUT2D eigenvalue weighted by Gasteiger charge is 2.04. The lowest BCUT2D eigenvalue weighted by Crippen LogP contribution is -2.38. The van der Waals surface area contributed by atoms with E-state index in [-0.39, 0.29) is 11.2 Å². The van der Waals surface area contributed by atoms with E-state index in [1.165, 1.54) is 17.7 Å². The van der Waals surface area contributed by atoms with Crippen LogP contribution in [-0.2, 0) is 20.5 Å². The van der Waals surface area contributed by atoms with Crippen LogP contribution in [0.3, 0.4) is 0 Å². The van der Waals surface area contributed by atoms with Crippen molar-refractivity contribution in [2.75, 3.05) is 4.43 Å². The Morgan fingerprint density at radius 2 is 1.93 bits per heavy atom. The highest BCUT2D eigenvalue weighted by Crippen LogP contribution is 1.99. The molecule has 0 atom stereocenters. The number of nitrogens with zero attached hydrogens (tertiary/aromatic N) is 2. The quantitative estimate of drug-likeness (QED) is 0.601. The average molecular weight is 308 g/mol. The minimum absolute atomic E-state index is 0.225. The van der Waals surface area contributed by atoms with Gasteiger partial charge in [0.05, 0.1) is 0 Å². The molecule has 1 rings (SSSR count). The zero-order valence-corrected chi connectivity index (χ0v) is 10.4. The van der Waals surface area contributed by atoms with Gasteiger partial charge in [-0.25, -0.2) is 4.79 Å². The van der Waals surface area contributed by atoms with Crippen LogP contribution in [0.1, 0.15) is 12.1 Å². The van der Waals surface area contributed by atoms with Gasteiger partial charge >= 0.3 is 5.69 Å². The molecule has 78 valence electrons. The van der Waals surface area contributed by atoms with E-state index in [1.54, 1.807) is 7.05 Å². The first-order valence-electron chi connectivity index (χ1n) is 4.40. The normalized spacial score (nSPS) is 10.5.